The van der Waals surface area contributed by atoms with Gasteiger partial charge in [-0.2, -0.15) is 4.99 Å². The largest absolute Gasteiger partial charge is 0.369 e. The lowest BCUT2D eigenvalue weighted by molar-refractivity contribution is 0.533. The van der Waals surface area contributed by atoms with E-state index in [9.17, 15) is 0 Å². The van der Waals surface area contributed by atoms with Crippen LogP contribution < -0.4 is 16.4 Å². The average Bonchev–Trinajstić information content (AvgIpc) is 2.36. The summed E-state index contributed by atoms with van der Waals surface area (Å²) in [7, 11) is 0. The van der Waals surface area contributed by atoms with Gasteiger partial charge in [-0.1, -0.05) is 19.9 Å². The third-order valence-corrected chi connectivity index (χ3v) is 3.60. The first-order valence-electron chi connectivity index (χ1n) is 7.00. The van der Waals surface area contributed by atoms with Crippen molar-refractivity contribution in [2.24, 2.45) is 21.5 Å². The molecular formula is C15H23N5. The second-order valence-corrected chi connectivity index (χ2v) is 5.43. The van der Waals surface area contributed by atoms with Crippen LogP contribution >= 0.6 is 0 Å². The smallest absolute Gasteiger partial charge is 0.220 e. The summed E-state index contributed by atoms with van der Waals surface area (Å²) in [5, 5.41) is 0. The second-order valence-electron chi connectivity index (χ2n) is 5.43. The fraction of sp³-hybridized carbons (Fsp3) is 0.467. The molecule has 0 radical (unpaired) electrons. The third-order valence-electron chi connectivity index (χ3n) is 3.60. The van der Waals surface area contributed by atoms with Crippen molar-refractivity contribution in [1.82, 2.24) is 0 Å². The predicted molar refractivity (Wildman–Crippen MR) is 85.0 cm³/mol. The van der Waals surface area contributed by atoms with E-state index in [0.29, 0.717) is 5.96 Å². The Labute approximate surface area is 120 Å². The minimum Gasteiger partial charge on any atom is -0.369 e. The van der Waals surface area contributed by atoms with Gasteiger partial charge in [-0.05, 0) is 49.9 Å². The summed E-state index contributed by atoms with van der Waals surface area (Å²) < 4.78 is 0. The summed E-state index contributed by atoms with van der Waals surface area (Å²) in [6.07, 6.45) is 2.02. The zero-order chi connectivity index (χ0) is 14.9. The Balaban J connectivity index is 2.48. The van der Waals surface area contributed by atoms with Crippen LogP contribution in [0.25, 0.3) is 0 Å². The van der Waals surface area contributed by atoms with Crippen LogP contribution in [0.5, 0.6) is 0 Å². The van der Waals surface area contributed by atoms with E-state index in [4.69, 9.17) is 11.5 Å². The van der Waals surface area contributed by atoms with E-state index < -0.39 is 5.66 Å². The summed E-state index contributed by atoms with van der Waals surface area (Å²) in [4.78, 5) is 10.4. The number of hydrogen-bond acceptors (Lipinski definition) is 5. The lowest BCUT2D eigenvalue weighted by Gasteiger charge is -2.38. The first-order valence-corrected chi connectivity index (χ1v) is 7.00. The van der Waals surface area contributed by atoms with Gasteiger partial charge < -0.3 is 11.5 Å². The van der Waals surface area contributed by atoms with Crippen LogP contribution in [0, 0.1) is 0 Å². The maximum absolute atomic E-state index is 6.05. The highest BCUT2D eigenvalue weighted by Gasteiger charge is 2.33. The van der Waals surface area contributed by atoms with Gasteiger partial charge in [0, 0.05) is 5.69 Å². The highest BCUT2D eigenvalue weighted by molar-refractivity contribution is 6.05. The van der Waals surface area contributed by atoms with Crippen molar-refractivity contribution in [1.29, 1.82) is 0 Å². The highest BCUT2D eigenvalue weighted by Crippen LogP contribution is 2.29. The first kappa shape index (κ1) is 14.4. The summed E-state index contributed by atoms with van der Waals surface area (Å²) >= 11 is 0. The molecule has 2 rings (SSSR count). The Morgan fingerprint density at radius 3 is 2.30 bits per heavy atom. The van der Waals surface area contributed by atoms with E-state index >= 15 is 0 Å². The molecule has 1 aromatic rings. The summed E-state index contributed by atoms with van der Waals surface area (Å²) in [6, 6.07) is 6.39. The van der Waals surface area contributed by atoms with Gasteiger partial charge in [0.15, 0.2) is 0 Å². The zero-order valence-corrected chi connectivity index (χ0v) is 12.6. The van der Waals surface area contributed by atoms with E-state index in [1.165, 1.54) is 11.1 Å². The van der Waals surface area contributed by atoms with Crippen LogP contribution in [0.15, 0.2) is 28.2 Å². The van der Waals surface area contributed by atoms with Crippen LogP contribution in [-0.2, 0) is 12.8 Å². The van der Waals surface area contributed by atoms with Gasteiger partial charge in [0.05, 0.1) is 0 Å². The summed E-state index contributed by atoms with van der Waals surface area (Å²) in [5.41, 5.74) is 14.9. The maximum Gasteiger partial charge on any atom is 0.220 e. The number of guanidine groups is 2. The number of nitrogens with two attached hydrogens (primary N) is 2. The van der Waals surface area contributed by atoms with Crippen LogP contribution in [0.4, 0.5) is 5.69 Å². The number of rotatable bonds is 3. The monoisotopic (exact) mass is 273 g/mol. The number of benzene rings is 1. The van der Waals surface area contributed by atoms with Crippen LogP contribution in [-0.4, -0.2) is 17.6 Å². The van der Waals surface area contributed by atoms with Crippen molar-refractivity contribution in [3.05, 3.63) is 29.3 Å². The minimum atomic E-state index is -0.533. The normalized spacial score (nSPS) is 17.7. The molecule has 0 atom stereocenters. The molecule has 5 heteroatoms. The van der Waals surface area contributed by atoms with Gasteiger partial charge in [0.2, 0.25) is 11.9 Å². The first-order chi connectivity index (χ1) is 9.39. The molecule has 1 aliphatic heterocycles. The van der Waals surface area contributed by atoms with Crippen LogP contribution in [0.3, 0.4) is 0 Å². The van der Waals surface area contributed by atoms with Crippen molar-refractivity contribution in [3.63, 3.8) is 0 Å². The molecule has 0 saturated carbocycles. The van der Waals surface area contributed by atoms with Gasteiger partial charge >= 0.3 is 0 Å². The van der Waals surface area contributed by atoms with Crippen molar-refractivity contribution < 1.29 is 0 Å². The fourth-order valence-electron chi connectivity index (χ4n) is 2.68. The van der Waals surface area contributed by atoms with Gasteiger partial charge in [-0.15, -0.1) is 0 Å². The van der Waals surface area contributed by atoms with Gasteiger partial charge in [0.1, 0.15) is 5.66 Å². The summed E-state index contributed by atoms with van der Waals surface area (Å²) in [6.45, 7) is 8.27. The van der Waals surface area contributed by atoms with Crippen molar-refractivity contribution in [2.45, 2.75) is 46.2 Å². The molecule has 0 unspecified atom stereocenters. The lowest BCUT2D eigenvalue weighted by atomic mass is 10.0. The van der Waals surface area contributed by atoms with Gasteiger partial charge in [0.25, 0.3) is 0 Å². The maximum atomic E-state index is 6.05. The number of aryl methyl sites for hydroxylation is 2. The quantitative estimate of drug-likeness (QED) is 0.884. The average molecular weight is 273 g/mol. The van der Waals surface area contributed by atoms with Gasteiger partial charge in [-0.3, -0.25) is 4.90 Å². The van der Waals surface area contributed by atoms with Crippen molar-refractivity contribution >= 4 is 17.6 Å². The number of aliphatic imine (C=N–C) groups is 2. The number of anilines is 1. The molecule has 0 spiro atoms. The molecule has 5 nitrogen and oxygen atoms in total. The molecule has 0 bridgehead atoms. The second kappa shape index (κ2) is 5.15. The SMILES string of the molecule is CCc1ccc(N2C(N)=NC(N)=NC2(C)C)cc1CC. The van der Waals surface area contributed by atoms with Crippen molar-refractivity contribution in [3.8, 4) is 0 Å². The van der Waals surface area contributed by atoms with E-state index in [0.717, 1.165) is 18.5 Å². The molecule has 1 aromatic carbocycles. The van der Waals surface area contributed by atoms with E-state index in [1.807, 2.05) is 18.7 Å². The lowest BCUT2D eigenvalue weighted by Crippen LogP contribution is -2.54. The molecule has 0 amide bonds. The molecule has 1 heterocycles. The van der Waals surface area contributed by atoms with Crippen LogP contribution in [0.2, 0.25) is 0 Å². The Kier molecular flexibility index (Phi) is 3.70. The Bertz CT molecular complexity index is 572. The molecule has 0 fully saturated rings. The highest BCUT2D eigenvalue weighted by atomic mass is 15.4. The zero-order valence-electron chi connectivity index (χ0n) is 12.6. The molecule has 0 aromatic heterocycles. The van der Waals surface area contributed by atoms with E-state index in [1.54, 1.807) is 0 Å². The fourth-order valence-corrected chi connectivity index (χ4v) is 2.68. The van der Waals surface area contributed by atoms with Crippen molar-refractivity contribution in [2.75, 3.05) is 4.90 Å². The predicted octanol–water partition coefficient (Wildman–Crippen LogP) is 2.00. The number of hydrogen-bond donors (Lipinski definition) is 2. The Hall–Kier alpha value is -2.04. The Morgan fingerprint density at radius 2 is 1.75 bits per heavy atom. The standard InChI is InChI=1S/C15H23N5/c1-5-10-7-8-12(9-11(10)6-2)20-14(17)18-13(16)19-15(20,3)4/h7-9H,5-6H2,1-4H3,(H4,16,17,18,19). The molecule has 0 aliphatic carbocycles. The third kappa shape index (κ3) is 2.48. The molecule has 4 N–H and O–H groups in total. The molecule has 0 saturated heterocycles. The molecular weight excluding hydrogens is 250 g/mol. The van der Waals surface area contributed by atoms with E-state index in [2.05, 4.69) is 42.0 Å². The molecule has 108 valence electrons. The minimum absolute atomic E-state index is 0.227. The number of nitrogens with zero attached hydrogens (tertiary/aromatic N) is 3. The van der Waals surface area contributed by atoms with E-state index in [-0.39, 0.29) is 5.96 Å². The molecule has 20 heavy (non-hydrogen) atoms. The Morgan fingerprint density at radius 1 is 1.10 bits per heavy atom. The van der Waals surface area contributed by atoms with Crippen LogP contribution in [0.1, 0.15) is 38.8 Å². The molecule has 1 aliphatic rings. The van der Waals surface area contributed by atoms with Gasteiger partial charge in [-0.25, -0.2) is 4.99 Å². The topological polar surface area (TPSA) is 80.0 Å². The summed E-state index contributed by atoms with van der Waals surface area (Å²) in [5.74, 6) is 0.610.